The molecule has 1 heterocycles. The van der Waals surface area contributed by atoms with Gasteiger partial charge in [-0.2, -0.15) is 7.05 Å². The first-order chi connectivity index (χ1) is 13.4. The summed E-state index contributed by atoms with van der Waals surface area (Å²) >= 11 is 0. The number of H-pyrrole nitrogens is 1. The number of aromatic nitrogens is 1. The van der Waals surface area contributed by atoms with E-state index in [0.717, 1.165) is 35.2 Å². The standard InChI is InChI=1S/C26H34N2O/c1-9-24(7)14-13-18-23(5,6)16-11-10-12-17-19(16)20-21(28-17)22(3,4)15(2)26(24,27-8)25(18,20)29/h9-12,18,28-29H,1-2,8,13-14,27H2,3-7H3. The number of benzene rings is 1. The minimum Gasteiger partial charge on any atom is -0.467 e. The normalized spacial score (nSPS) is 38.9. The SMILES string of the molecule is C=CC1(C)CCC2C(C)(C)c3cccc4[nH]c5c(c34)C2(O)C1([NH2+][CH2-])C(=C)C5(C)C. The molecule has 0 bridgehead atoms. The van der Waals surface area contributed by atoms with Crippen LogP contribution in [-0.4, -0.2) is 15.6 Å². The molecule has 1 aromatic heterocycles. The number of hydrogen-bond acceptors (Lipinski definition) is 1. The Balaban J connectivity index is 2.07. The van der Waals surface area contributed by atoms with Crippen LogP contribution in [-0.2, 0) is 16.4 Å². The topological polar surface area (TPSA) is 52.6 Å². The summed E-state index contributed by atoms with van der Waals surface area (Å²) in [5.41, 5.74) is 3.11. The van der Waals surface area contributed by atoms with E-state index in [9.17, 15) is 5.11 Å². The highest BCUT2D eigenvalue weighted by atomic mass is 16.3. The lowest BCUT2D eigenvalue weighted by molar-refractivity contribution is -0.710. The fourth-order valence-corrected chi connectivity index (χ4v) is 7.63. The first-order valence-corrected chi connectivity index (χ1v) is 10.8. The zero-order chi connectivity index (χ0) is 21.2. The second-order valence-corrected chi connectivity index (χ2v) is 10.9. The summed E-state index contributed by atoms with van der Waals surface area (Å²) in [4.78, 5) is 3.71. The Labute approximate surface area is 174 Å². The van der Waals surface area contributed by atoms with Gasteiger partial charge in [0, 0.05) is 38.9 Å². The molecular weight excluding hydrogens is 356 g/mol. The van der Waals surface area contributed by atoms with Gasteiger partial charge < -0.3 is 15.4 Å². The molecule has 0 spiro atoms. The van der Waals surface area contributed by atoms with E-state index in [-0.39, 0.29) is 22.2 Å². The van der Waals surface area contributed by atoms with Gasteiger partial charge in [-0.05, 0) is 42.4 Å². The second-order valence-electron chi connectivity index (χ2n) is 10.9. The maximum absolute atomic E-state index is 13.0. The molecule has 0 radical (unpaired) electrons. The van der Waals surface area contributed by atoms with Crippen LogP contribution in [0.3, 0.4) is 0 Å². The van der Waals surface area contributed by atoms with Gasteiger partial charge in [0.1, 0.15) is 5.54 Å². The van der Waals surface area contributed by atoms with E-state index in [4.69, 9.17) is 0 Å². The Morgan fingerprint density at radius 2 is 1.93 bits per heavy atom. The molecule has 3 heteroatoms. The molecule has 29 heavy (non-hydrogen) atoms. The van der Waals surface area contributed by atoms with Gasteiger partial charge in [-0.25, -0.2) is 0 Å². The summed E-state index contributed by atoms with van der Waals surface area (Å²) in [6.07, 6.45) is 3.95. The predicted molar refractivity (Wildman–Crippen MR) is 118 cm³/mol. The van der Waals surface area contributed by atoms with Crippen molar-refractivity contribution in [1.29, 1.82) is 0 Å². The minimum atomic E-state index is -1.08. The van der Waals surface area contributed by atoms with Crippen molar-refractivity contribution in [2.75, 3.05) is 0 Å². The highest BCUT2D eigenvalue weighted by molar-refractivity contribution is 5.93. The summed E-state index contributed by atoms with van der Waals surface area (Å²) < 4.78 is 0. The highest BCUT2D eigenvalue weighted by Gasteiger charge is 2.76. The summed E-state index contributed by atoms with van der Waals surface area (Å²) in [5, 5.41) is 16.2. The van der Waals surface area contributed by atoms with Gasteiger partial charge in [0.15, 0.2) is 5.60 Å². The Bertz CT molecular complexity index is 1090. The highest BCUT2D eigenvalue weighted by Crippen LogP contribution is 2.70. The van der Waals surface area contributed by atoms with Crippen LogP contribution in [0.1, 0.15) is 64.3 Å². The maximum Gasteiger partial charge on any atom is 0.153 e. The lowest BCUT2D eigenvalue weighted by Gasteiger charge is -2.69. The average molecular weight is 391 g/mol. The minimum absolute atomic E-state index is 0.0709. The molecule has 4 unspecified atom stereocenters. The van der Waals surface area contributed by atoms with Crippen LogP contribution in [0.2, 0.25) is 0 Å². The van der Waals surface area contributed by atoms with Crippen LogP contribution in [0.15, 0.2) is 43.0 Å². The van der Waals surface area contributed by atoms with E-state index in [1.54, 1.807) is 0 Å². The number of nitrogens with two attached hydrogens (primary N) is 1. The van der Waals surface area contributed by atoms with Gasteiger partial charge in [0.25, 0.3) is 0 Å². The maximum atomic E-state index is 13.0. The molecule has 3 nitrogen and oxygen atoms in total. The van der Waals surface area contributed by atoms with Crippen molar-refractivity contribution in [3.05, 3.63) is 66.9 Å². The van der Waals surface area contributed by atoms with E-state index in [2.05, 4.69) is 78.0 Å². The predicted octanol–water partition coefficient (Wildman–Crippen LogP) is 4.19. The first kappa shape index (κ1) is 19.1. The number of rotatable bonds is 2. The van der Waals surface area contributed by atoms with Crippen LogP contribution in [0.4, 0.5) is 0 Å². The van der Waals surface area contributed by atoms with Gasteiger partial charge in [0.2, 0.25) is 0 Å². The Hall–Kier alpha value is -1.84. The fourth-order valence-electron chi connectivity index (χ4n) is 7.63. The van der Waals surface area contributed by atoms with Crippen molar-refractivity contribution in [2.24, 2.45) is 11.3 Å². The largest absolute Gasteiger partial charge is 0.467 e. The first-order valence-electron chi connectivity index (χ1n) is 10.8. The molecule has 154 valence electrons. The van der Waals surface area contributed by atoms with Gasteiger partial charge in [-0.15, -0.1) is 6.58 Å². The lowest BCUT2D eigenvalue weighted by atomic mass is 9.38. The molecule has 4 atom stereocenters. The molecule has 1 aromatic carbocycles. The number of hydrogen-bond donors (Lipinski definition) is 3. The molecule has 1 fully saturated rings. The molecule has 0 amide bonds. The number of quaternary nitrogens is 1. The molecule has 4 N–H and O–H groups in total. The van der Waals surface area contributed by atoms with E-state index >= 15 is 0 Å². The Kier molecular flexibility index (Phi) is 3.35. The molecule has 2 aromatic rings. The smallest absolute Gasteiger partial charge is 0.153 e. The van der Waals surface area contributed by atoms with Crippen molar-refractivity contribution in [3.63, 3.8) is 0 Å². The Morgan fingerprint density at radius 1 is 1.24 bits per heavy atom. The summed E-state index contributed by atoms with van der Waals surface area (Å²) in [6.45, 7) is 20.2. The summed E-state index contributed by atoms with van der Waals surface area (Å²) in [7, 11) is 4.33. The number of nitrogens with one attached hydrogen (secondary N) is 1. The van der Waals surface area contributed by atoms with Crippen molar-refractivity contribution in [1.82, 2.24) is 4.98 Å². The molecule has 1 saturated carbocycles. The monoisotopic (exact) mass is 390 g/mol. The van der Waals surface area contributed by atoms with Gasteiger partial charge in [-0.3, -0.25) is 0 Å². The molecule has 5 rings (SSSR count). The third-order valence-corrected chi connectivity index (χ3v) is 9.34. The van der Waals surface area contributed by atoms with Crippen LogP contribution in [0.5, 0.6) is 0 Å². The zero-order valence-corrected chi connectivity index (χ0v) is 18.4. The number of aromatic amines is 1. The third kappa shape index (κ3) is 1.65. The van der Waals surface area contributed by atoms with Gasteiger partial charge in [-0.1, -0.05) is 52.5 Å². The van der Waals surface area contributed by atoms with Gasteiger partial charge >= 0.3 is 0 Å². The van der Waals surface area contributed by atoms with E-state index < -0.39 is 11.1 Å². The summed E-state index contributed by atoms with van der Waals surface area (Å²) in [6, 6.07) is 6.54. The van der Waals surface area contributed by atoms with E-state index in [1.807, 2.05) is 11.4 Å². The molecular formula is C26H34N2O. The van der Waals surface area contributed by atoms with Crippen LogP contribution < -0.4 is 5.32 Å². The van der Waals surface area contributed by atoms with E-state index in [0.29, 0.717) is 0 Å². The summed E-state index contributed by atoms with van der Waals surface area (Å²) in [5.74, 6) is 0.0709. The number of aliphatic hydroxyl groups is 1. The zero-order valence-electron chi connectivity index (χ0n) is 18.4. The molecule has 0 saturated heterocycles. The average Bonchev–Trinajstić information content (AvgIpc) is 3.07. The quantitative estimate of drug-likeness (QED) is 0.523. The second kappa shape index (κ2) is 5.07. The molecule has 0 aliphatic heterocycles. The van der Waals surface area contributed by atoms with Crippen molar-refractivity contribution in [3.8, 4) is 0 Å². The van der Waals surface area contributed by atoms with Crippen molar-refractivity contribution in [2.45, 2.75) is 69.4 Å². The van der Waals surface area contributed by atoms with E-state index in [1.165, 1.54) is 10.9 Å². The third-order valence-electron chi connectivity index (χ3n) is 9.34. The molecule has 3 aliphatic carbocycles. The Morgan fingerprint density at radius 3 is 2.55 bits per heavy atom. The van der Waals surface area contributed by atoms with Crippen LogP contribution >= 0.6 is 0 Å². The van der Waals surface area contributed by atoms with Crippen molar-refractivity contribution < 1.29 is 10.4 Å². The fraction of sp³-hybridized carbons (Fsp3) is 0.500. The van der Waals surface area contributed by atoms with Crippen LogP contribution in [0.25, 0.3) is 10.9 Å². The molecule has 3 aliphatic rings. The van der Waals surface area contributed by atoms with Crippen LogP contribution in [0, 0.1) is 18.4 Å². The van der Waals surface area contributed by atoms with Gasteiger partial charge in [0.05, 0.1) is 0 Å². The van der Waals surface area contributed by atoms with Crippen molar-refractivity contribution >= 4 is 10.9 Å². The lowest BCUT2D eigenvalue weighted by Crippen LogP contribution is -3.03.